The van der Waals surface area contributed by atoms with Crippen molar-refractivity contribution in [3.8, 4) is 0 Å². The van der Waals surface area contributed by atoms with E-state index in [1.165, 1.54) is 21.0 Å². The van der Waals surface area contributed by atoms with Crippen LogP contribution in [0.5, 0.6) is 0 Å². The number of carboxylic acid groups (broad SMARTS) is 2. The fourth-order valence-corrected chi connectivity index (χ4v) is 23.4. The summed E-state index contributed by atoms with van der Waals surface area (Å²) in [5.74, 6) is -1.41. The number of methoxy groups -OCH3 is 5. The Kier molecular flexibility index (Phi) is 63.6. The van der Waals surface area contributed by atoms with E-state index >= 15 is 0 Å². The van der Waals surface area contributed by atoms with Crippen molar-refractivity contribution < 1.29 is 81.9 Å². The van der Waals surface area contributed by atoms with Gasteiger partial charge in [-0.25, -0.2) is 9.59 Å². The molecule has 0 fully saturated rings. The molecule has 5 aromatic carbocycles. The van der Waals surface area contributed by atoms with E-state index in [4.69, 9.17) is 71.3 Å². The van der Waals surface area contributed by atoms with E-state index in [0.29, 0.717) is 146 Å². The Morgan fingerprint density at radius 2 is 0.632 bits per heavy atom. The van der Waals surface area contributed by atoms with Gasteiger partial charge in [0.1, 0.15) is 0 Å². The molecule has 0 aromatic heterocycles. The molecular weight excluding hydrogens is 1560 g/mol. The van der Waals surface area contributed by atoms with Crippen LogP contribution in [-0.4, -0.2) is 225 Å². The Hall–Kier alpha value is -2.95. The fraction of sp³-hybridized carbons (Fsp3) is 0.573. The first-order valence-electron chi connectivity index (χ1n) is 36.1. The minimum Gasteiger partial charge on any atom is -0.478 e. The first-order valence-corrected chi connectivity index (χ1v) is 49.2. The van der Waals surface area contributed by atoms with Crippen LogP contribution in [0.25, 0.3) is 0 Å². The zero-order valence-electron chi connectivity index (χ0n) is 70.3. The summed E-state index contributed by atoms with van der Waals surface area (Å²) in [7, 11) is 8.10. The maximum Gasteiger partial charge on any atom is 0.336 e. The number of hydrogen-bond donors (Lipinski definition) is 3. The molecule has 0 amide bonds. The maximum atomic E-state index is 14.6. The molecule has 4 radical (unpaired) electrons. The average Bonchev–Trinajstić information content (AvgIpc) is 0.750. The number of aliphatic hydroxyl groups excluding tert-OH is 1. The maximum absolute atomic E-state index is 14.6. The van der Waals surface area contributed by atoms with Crippen molar-refractivity contribution in [3.05, 3.63) is 169 Å². The van der Waals surface area contributed by atoms with Gasteiger partial charge >= 0.3 is 330 Å². The Morgan fingerprint density at radius 3 is 0.830 bits per heavy atom. The molecule has 0 saturated carbocycles. The van der Waals surface area contributed by atoms with Crippen LogP contribution in [0.15, 0.2) is 30.3 Å². The molecular formula is C82H130Cl2Ge3Li2O17. The molecule has 0 saturated heterocycles. The van der Waals surface area contributed by atoms with Gasteiger partial charge in [0.05, 0.1) is 64.0 Å². The van der Waals surface area contributed by atoms with Gasteiger partial charge in [-0.2, -0.15) is 0 Å². The second-order valence-corrected chi connectivity index (χ2v) is 45.3. The molecule has 5 rings (SSSR count). The molecule has 17 nitrogen and oxygen atoms in total. The summed E-state index contributed by atoms with van der Waals surface area (Å²) in [5, 5.41) is 33.0. The van der Waals surface area contributed by atoms with E-state index in [-0.39, 0.29) is 69.0 Å². The third-order valence-corrected chi connectivity index (χ3v) is 33.4. The predicted molar refractivity (Wildman–Crippen MR) is 445 cm³/mol. The normalized spacial score (nSPS) is 10.5. The summed E-state index contributed by atoms with van der Waals surface area (Å²) >= 11 is 8.21. The number of aliphatic hydroxyl groups is 1. The van der Waals surface area contributed by atoms with Gasteiger partial charge in [0.2, 0.25) is 0 Å². The standard InChI is InChI=1S/C32H48GeO6.C14H19ClO3.C14H20O4.C11H13ClO2.C4H12Ge.C4H10Ge.C3H8O2.2Li/c1-11-33(12-2,31(34)29-23(5)17-21(3)27(25(29)7)19-38-15-13-36-9)32(35)30-24(6)18-22(4)28(26(30)8)20-39-16-14-37-10;2*1-9-7-10(2)13(14(15)16)11(3)12(9)8-18-6-5-17-4;1-6-4-7(2)10(11(13)14)8(3)9(6)5-12;2*1-3-5-4-2;1-5-3-2-4;;/h17-18H,11-16,19-20H2,1-10H3;7H,5-6,8H2,1-4H3;7H,5-6,8H2,1-4H3,(H,15,16);4H,5H2,1-3H3,(H,13,14);3-5H2,1-2H3;3-4H2,1-2H3;4H,2-3H2,1H3;;. The summed E-state index contributed by atoms with van der Waals surface area (Å²) in [6, 6.07) is 9.86. The third kappa shape index (κ3) is 36.2. The van der Waals surface area contributed by atoms with Crippen molar-refractivity contribution in [1.29, 1.82) is 0 Å². The molecule has 0 spiro atoms. The van der Waals surface area contributed by atoms with Crippen LogP contribution in [0.4, 0.5) is 0 Å². The van der Waals surface area contributed by atoms with Gasteiger partial charge in [-0.3, -0.25) is 4.79 Å². The van der Waals surface area contributed by atoms with E-state index in [2.05, 4.69) is 58.4 Å². The smallest absolute Gasteiger partial charge is 0.336 e. The number of hydrogen-bond acceptors (Lipinski definition) is 15. The van der Waals surface area contributed by atoms with Gasteiger partial charge in [0.15, 0.2) is 0 Å². The topological polar surface area (TPSA) is 229 Å². The minimum atomic E-state index is -3.81. The van der Waals surface area contributed by atoms with Crippen molar-refractivity contribution >= 4 is 131 Å². The van der Waals surface area contributed by atoms with E-state index in [1.54, 1.807) is 42.5 Å². The SMILES string of the molecule is COCCO.COCCOCc1c(C)cc(C)c(C(=O)Cl)c1C.COCCOCc1c(C)cc(C)c(C(=O)O)c1C.C[CH2][GeH2][CH2]C.C[CH2][Ge]([CH2]C)([C](=O)c1c(C)cc(C)c(COCCOC)c1C)[C](=O)c1c(C)cc(C)c(COCCOC)c1C.C[CH2][Ge][CH2]C.Cc1cc(C)c(C(=O)O)c(C)c1CCl.[Li].[Li]. The quantitative estimate of drug-likeness (QED) is 0.0146. The number of aryl methyl sites for hydroxylation is 10. The number of aromatic carboxylic acids is 2. The van der Waals surface area contributed by atoms with E-state index in [0.717, 1.165) is 111 Å². The van der Waals surface area contributed by atoms with Crippen molar-refractivity contribution in [3.63, 3.8) is 0 Å². The molecule has 3 N–H and O–H groups in total. The molecule has 0 aliphatic rings. The van der Waals surface area contributed by atoms with Gasteiger partial charge in [-0.15, -0.1) is 11.6 Å². The van der Waals surface area contributed by atoms with Gasteiger partial charge in [-0.05, 0) is 141 Å². The largest absolute Gasteiger partial charge is 0.478 e. The number of rotatable bonds is 36. The first-order chi connectivity index (χ1) is 49.2. The monoisotopic (exact) mass is 1690 g/mol. The Labute approximate surface area is 687 Å². The van der Waals surface area contributed by atoms with Gasteiger partial charge in [0.25, 0.3) is 5.24 Å². The van der Waals surface area contributed by atoms with Gasteiger partial charge < -0.3 is 39.0 Å². The van der Waals surface area contributed by atoms with E-state index < -0.39 is 30.4 Å². The number of carbonyl (C=O) groups excluding carboxylic acids is 3. The van der Waals surface area contributed by atoms with Crippen LogP contribution >= 0.6 is 23.2 Å². The van der Waals surface area contributed by atoms with Gasteiger partial charge in [-0.1, -0.05) is 18.2 Å². The number of ether oxygens (including phenoxy) is 9. The second kappa shape index (κ2) is 61.6. The van der Waals surface area contributed by atoms with Crippen LogP contribution in [-0.2, 0) is 74.9 Å². The molecule has 588 valence electrons. The van der Waals surface area contributed by atoms with Crippen molar-refractivity contribution in [1.82, 2.24) is 0 Å². The van der Waals surface area contributed by atoms with Crippen molar-refractivity contribution in [2.45, 2.75) is 209 Å². The zero-order chi connectivity index (χ0) is 80.0. The molecule has 24 heteroatoms. The van der Waals surface area contributed by atoms with Crippen LogP contribution in [0, 0.1) is 104 Å². The van der Waals surface area contributed by atoms with Crippen molar-refractivity contribution in [2.75, 3.05) is 102 Å². The molecule has 0 atom stereocenters. The molecule has 5 aromatic rings. The predicted octanol–water partition coefficient (Wildman–Crippen LogP) is 16.6. The summed E-state index contributed by atoms with van der Waals surface area (Å²) < 4.78 is 47.3. The van der Waals surface area contributed by atoms with E-state index in [1.807, 2.05) is 115 Å². The molecule has 0 aliphatic carbocycles. The first kappa shape index (κ1) is 109. The fourth-order valence-electron chi connectivity index (χ4n) is 12.3. The van der Waals surface area contributed by atoms with Crippen molar-refractivity contribution in [2.24, 2.45) is 0 Å². The summed E-state index contributed by atoms with van der Waals surface area (Å²) in [6.07, 6.45) is 0. The summed E-state index contributed by atoms with van der Waals surface area (Å²) in [6.45, 7) is 48.7. The number of carbonyl (C=O) groups is 5. The van der Waals surface area contributed by atoms with Crippen LogP contribution in [0.3, 0.4) is 0 Å². The van der Waals surface area contributed by atoms with E-state index in [9.17, 15) is 29.1 Å². The van der Waals surface area contributed by atoms with Crippen LogP contribution < -0.4 is 0 Å². The van der Waals surface area contributed by atoms with Gasteiger partial charge in [0, 0.05) is 70.5 Å². The number of benzene rings is 5. The molecule has 0 heterocycles. The number of carboxylic acids is 2. The van der Waals surface area contributed by atoms with Crippen LogP contribution in [0.2, 0.25) is 31.5 Å². The minimum absolute atomic E-state index is 0. The third-order valence-electron chi connectivity index (χ3n) is 18.2. The van der Waals surface area contributed by atoms with Crippen LogP contribution in [0.1, 0.15) is 205 Å². The molecule has 0 aliphatic heterocycles. The molecule has 0 unspecified atom stereocenters. The number of halogens is 2. The number of alkyl halides is 1. The average molecular weight is 1690 g/mol. The molecule has 106 heavy (non-hydrogen) atoms. The molecule has 0 bridgehead atoms. The second-order valence-electron chi connectivity index (χ2n) is 25.6. The summed E-state index contributed by atoms with van der Waals surface area (Å²) in [5.41, 5.74) is 21.9. The zero-order valence-corrected chi connectivity index (χ0v) is 78.9. The Morgan fingerprint density at radius 1 is 0.387 bits per heavy atom. The Bertz CT molecular complexity index is 3250. The Balaban J connectivity index is -0.000000651. The summed E-state index contributed by atoms with van der Waals surface area (Å²) in [4.78, 5) is 62.8.